The maximum atomic E-state index is 11.6. The smallest absolute Gasteiger partial charge is 0.276 e. The van der Waals surface area contributed by atoms with E-state index in [1.807, 2.05) is 20.8 Å². The highest BCUT2D eigenvalue weighted by molar-refractivity contribution is 5.93. The van der Waals surface area contributed by atoms with E-state index in [0.717, 1.165) is 0 Å². The zero-order valence-electron chi connectivity index (χ0n) is 9.90. The third kappa shape index (κ3) is 3.51. The first-order chi connectivity index (χ1) is 7.29. The van der Waals surface area contributed by atoms with Crippen LogP contribution >= 0.6 is 0 Å². The summed E-state index contributed by atoms with van der Waals surface area (Å²) in [7, 11) is 1.59. The molecule has 0 saturated carbocycles. The summed E-state index contributed by atoms with van der Waals surface area (Å²) in [5, 5.41) is 0. The third-order valence-electron chi connectivity index (χ3n) is 1.80. The zero-order chi connectivity index (χ0) is 12.3. The molecule has 0 aromatic carbocycles. The lowest BCUT2D eigenvalue weighted by Crippen LogP contribution is -2.34. The largest absolute Gasteiger partial charge is 0.318 e. The van der Waals surface area contributed by atoms with E-state index < -0.39 is 5.60 Å². The van der Waals surface area contributed by atoms with Gasteiger partial charge in [-0.1, -0.05) is 0 Å². The number of rotatable bonds is 2. The molecule has 0 bridgehead atoms. The summed E-state index contributed by atoms with van der Waals surface area (Å²) in [4.78, 5) is 27.8. The highest BCUT2D eigenvalue weighted by Gasteiger charge is 2.14. The van der Waals surface area contributed by atoms with E-state index in [2.05, 4.69) is 5.48 Å². The van der Waals surface area contributed by atoms with Crippen LogP contribution in [-0.2, 0) is 11.9 Å². The van der Waals surface area contributed by atoms with Gasteiger partial charge in [-0.2, -0.15) is 0 Å². The number of pyridine rings is 1. The minimum Gasteiger partial charge on any atom is -0.318 e. The van der Waals surface area contributed by atoms with Crippen LogP contribution in [0.3, 0.4) is 0 Å². The van der Waals surface area contributed by atoms with Gasteiger partial charge >= 0.3 is 0 Å². The second-order valence-electron chi connectivity index (χ2n) is 4.51. The Labute approximate surface area is 94.0 Å². The molecule has 1 N–H and O–H groups in total. The predicted molar refractivity (Wildman–Crippen MR) is 60.0 cm³/mol. The SMILES string of the molecule is Cn1cc(C(=O)NOC(C)(C)C)ccc1=O. The van der Waals surface area contributed by atoms with Crippen molar-refractivity contribution < 1.29 is 9.63 Å². The maximum Gasteiger partial charge on any atom is 0.276 e. The van der Waals surface area contributed by atoms with Crippen LogP contribution < -0.4 is 11.0 Å². The van der Waals surface area contributed by atoms with Gasteiger partial charge in [0.1, 0.15) is 0 Å². The Morgan fingerprint density at radius 1 is 1.38 bits per heavy atom. The standard InChI is InChI=1S/C11H16N2O3/c1-11(2,3)16-12-10(15)8-5-6-9(14)13(4)7-8/h5-7H,1-4H3,(H,12,15). The summed E-state index contributed by atoms with van der Waals surface area (Å²) in [5.74, 6) is -0.370. The Bertz CT molecular complexity index is 443. The molecule has 0 aliphatic heterocycles. The Hall–Kier alpha value is -1.62. The molecule has 0 unspecified atom stereocenters. The lowest BCUT2D eigenvalue weighted by Gasteiger charge is -2.18. The van der Waals surface area contributed by atoms with Gasteiger partial charge in [-0.05, 0) is 26.8 Å². The topological polar surface area (TPSA) is 60.3 Å². The average Bonchev–Trinajstić information content (AvgIpc) is 2.17. The molecule has 1 heterocycles. The lowest BCUT2D eigenvalue weighted by atomic mass is 10.2. The molecule has 0 spiro atoms. The summed E-state index contributed by atoms with van der Waals surface area (Å²) in [6.07, 6.45) is 1.46. The Morgan fingerprint density at radius 3 is 2.50 bits per heavy atom. The molecule has 1 rings (SSSR count). The summed E-state index contributed by atoms with van der Waals surface area (Å²) in [6.45, 7) is 5.48. The van der Waals surface area contributed by atoms with Crippen LogP contribution in [0.4, 0.5) is 0 Å². The van der Waals surface area contributed by atoms with Crippen molar-refractivity contribution in [3.8, 4) is 0 Å². The van der Waals surface area contributed by atoms with Crippen molar-refractivity contribution in [2.24, 2.45) is 7.05 Å². The number of aromatic nitrogens is 1. The summed E-state index contributed by atoms with van der Waals surface area (Å²) < 4.78 is 1.34. The van der Waals surface area contributed by atoms with Crippen LogP contribution in [0, 0.1) is 0 Å². The van der Waals surface area contributed by atoms with Crippen molar-refractivity contribution in [1.29, 1.82) is 0 Å². The van der Waals surface area contributed by atoms with Crippen molar-refractivity contribution in [2.75, 3.05) is 0 Å². The van der Waals surface area contributed by atoms with E-state index in [4.69, 9.17) is 4.84 Å². The van der Waals surface area contributed by atoms with Crippen molar-refractivity contribution in [3.05, 3.63) is 34.2 Å². The van der Waals surface area contributed by atoms with Crippen molar-refractivity contribution in [3.63, 3.8) is 0 Å². The second kappa shape index (κ2) is 4.49. The minimum atomic E-state index is -0.448. The molecule has 1 aromatic rings. The number of aryl methyl sites for hydroxylation is 1. The molecule has 5 heteroatoms. The summed E-state index contributed by atoms with van der Waals surface area (Å²) >= 11 is 0. The van der Waals surface area contributed by atoms with Crippen LogP contribution in [0.15, 0.2) is 23.1 Å². The van der Waals surface area contributed by atoms with E-state index in [9.17, 15) is 9.59 Å². The Kier molecular flexibility index (Phi) is 3.49. The fourth-order valence-electron chi connectivity index (χ4n) is 0.987. The van der Waals surface area contributed by atoms with E-state index in [0.29, 0.717) is 5.56 Å². The van der Waals surface area contributed by atoms with E-state index in [-0.39, 0.29) is 11.5 Å². The Balaban J connectivity index is 2.74. The first-order valence-electron chi connectivity index (χ1n) is 4.94. The molecule has 1 amide bonds. The van der Waals surface area contributed by atoms with Crippen LogP contribution in [0.25, 0.3) is 0 Å². The van der Waals surface area contributed by atoms with E-state index in [1.165, 1.54) is 22.9 Å². The molecule has 0 fully saturated rings. The van der Waals surface area contributed by atoms with Gasteiger partial charge in [0.15, 0.2) is 0 Å². The number of carbonyl (C=O) groups excluding carboxylic acids is 1. The molecule has 88 valence electrons. The fraction of sp³-hybridized carbons (Fsp3) is 0.455. The van der Waals surface area contributed by atoms with Gasteiger partial charge in [0.25, 0.3) is 5.91 Å². The number of hydrogen-bond donors (Lipinski definition) is 1. The first kappa shape index (κ1) is 12.4. The van der Waals surface area contributed by atoms with Gasteiger partial charge in [-0.15, -0.1) is 0 Å². The fourth-order valence-corrected chi connectivity index (χ4v) is 0.987. The monoisotopic (exact) mass is 224 g/mol. The van der Waals surface area contributed by atoms with Crippen LogP contribution in [0.5, 0.6) is 0 Å². The molecule has 16 heavy (non-hydrogen) atoms. The molecule has 5 nitrogen and oxygen atoms in total. The molecule has 0 aliphatic carbocycles. The van der Waals surface area contributed by atoms with E-state index >= 15 is 0 Å². The number of carbonyl (C=O) groups is 1. The van der Waals surface area contributed by atoms with Crippen molar-refractivity contribution in [2.45, 2.75) is 26.4 Å². The summed E-state index contributed by atoms with van der Waals surface area (Å²) in [6, 6.07) is 2.80. The van der Waals surface area contributed by atoms with Crippen molar-refractivity contribution >= 4 is 5.91 Å². The third-order valence-corrected chi connectivity index (χ3v) is 1.80. The van der Waals surface area contributed by atoms with Gasteiger partial charge in [0.05, 0.1) is 11.2 Å². The van der Waals surface area contributed by atoms with E-state index in [1.54, 1.807) is 7.05 Å². The average molecular weight is 224 g/mol. The van der Waals surface area contributed by atoms with Crippen LogP contribution in [0.2, 0.25) is 0 Å². The quantitative estimate of drug-likeness (QED) is 0.757. The molecule has 0 saturated heterocycles. The van der Waals surface area contributed by atoms with Crippen LogP contribution in [-0.4, -0.2) is 16.1 Å². The number of nitrogens with zero attached hydrogens (tertiary/aromatic N) is 1. The summed E-state index contributed by atoms with van der Waals surface area (Å²) in [5.41, 5.74) is 2.11. The molecule has 1 aromatic heterocycles. The second-order valence-corrected chi connectivity index (χ2v) is 4.51. The highest BCUT2D eigenvalue weighted by Crippen LogP contribution is 2.04. The molecule has 0 aliphatic rings. The highest BCUT2D eigenvalue weighted by atomic mass is 16.7. The first-order valence-corrected chi connectivity index (χ1v) is 4.94. The van der Waals surface area contributed by atoms with Gasteiger partial charge in [0, 0.05) is 19.3 Å². The number of nitrogens with one attached hydrogen (secondary N) is 1. The molecule has 0 radical (unpaired) electrons. The molecular formula is C11H16N2O3. The van der Waals surface area contributed by atoms with Gasteiger partial charge in [-0.25, -0.2) is 5.48 Å². The number of hydroxylamine groups is 1. The van der Waals surface area contributed by atoms with Crippen LogP contribution in [0.1, 0.15) is 31.1 Å². The van der Waals surface area contributed by atoms with Gasteiger partial charge in [0.2, 0.25) is 5.56 Å². The lowest BCUT2D eigenvalue weighted by molar-refractivity contribution is -0.0589. The van der Waals surface area contributed by atoms with Gasteiger partial charge in [-0.3, -0.25) is 14.4 Å². The molecule has 0 atom stereocenters. The minimum absolute atomic E-state index is 0.159. The molecular weight excluding hydrogens is 208 g/mol. The predicted octanol–water partition coefficient (Wildman–Crippen LogP) is 0.845. The zero-order valence-corrected chi connectivity index (χ0v) is 9.90. The van der Waals surface area contributed by atoms with Crippen molar-refractivity contribution in [1.82, 2.24) is 10.0 Å². The number of amides is 1. The van der Waals surface area contributed by atoms with Gasteiger partial charge < -0.3 is 4.57 Å². The Morgan fingerprint density at radius 2 is 2.00 bits per heavy atom. The number of hydrogen-bond acceptors (Lipinski definition) is 3. The maximum absolute atomic E-state index is 11.6. The normalized spacial score (nSPS) is 11.2.